The molecule has 1 aromatic carbocycles. The van der Waals surface area contributed by atoms with Gasteiger partial charge in [-0.3, -0.25) is 0 Å². The minimum absolute atomic E-state index is 0.310. The first-order valence-corrected chi connectivity index (χ1v) is 8.27. The van der Waals surface area contributed by atoms with Crippen molar-refractivity contribution in [2.75, 3.05) is 11.9 Å². The maximum absolute atomic E-state index is 11.8. The van der Waals surface area contributed by atoms with Gasteiger partial charge in [0.1, 0.15) is 11.4 Å². The Kier molecular flexibility index (Phi) is 5.39. The molecule has 0 aliphatic heterocycles. The highest BCUT2D eigenvalue weighted by atomic mass is 16.6. The van der Waals surface area contributed by atoms with Crippen molar-refractivity contribution in [1.29, 1.82) is 0 Å². The number of carbonyl (C=O) groups excluding carboxylic acids is 1. The number of hydrogen-bond acceptors (Lipinski definition) is 4. The molecule has 0 bridgehead atoms. The summed E-state index contributed by atoms with van der Waals surface area (Å²) < 4.78 is 5.28. The Morgan fingerprint density at radius 2 is 2.09 bits per heavy atom. The number of phenols is 1. The second-order valence-corrected chi connectivity index (χ2v) is 7.33. The second kappa shape index (κ2) is 7.11. The molecular formula is C18H28N2O3. The molecule has 1 saturated carbocycles. The number of aryl methyl sites for hydroxylation is 1. The average molecular weight is 320 g/mol. The van der Waals surface area contributed by atoms with Crippen molar-refractivity contribution in [3.8, 4) is 5.75 Å². The minimum atomic E-state index is -0.471. The van der Waals surface area contributed by atoms with Crippen molar-refractivity contribution in [1.82, 2.24) is 5.32 Å². The van der Waals surface area contributed by atoms with Crippen LogP contribution in [-0.2, 0) is 4.74 Å². The lowest BCUT2D eigenvalue weighted by molar-refractivity contribution is 0.0519. The van der Waals surface area contributed by atoms with Gasteiger partial charge in [-0.25, -0.2) is 4.79 Å². The number of benzene rings is 1. The van der Waals surface area contributed by atoms with Gasteiger partial charge in [0.15, 0.2) is 0 Å². The van der Waals surface area contributed by atoms with E-state index in [2.05, 4.69) is 10.6 Å². The molecule has 0 aromatic heterocycles. The van der Waals surface area contributed by atoms with E-state index in [1.807, 2.05) is 39.8 Å². The number of aromatic hydroxyl groups is 1. The SMILES string of the molecule is Cc1cc(NC2CCCC2CNC(=O)OC(C)(C)C)ccc1O. The van der Waals surface area contributed by atoms with Crippen molar-refractivity contribution in [3.05, 3.63) is 23.8 Å². The highest BCUT2D eigenvalue weighted by Gasteiger charge is 2.28. The number of anilines is 1. The summed E-state index contributed by atoms with van der Waals surface area (Å²) in [5.41, 5.74) is 1.40. The Morgan fingerprint density at radius 1 is 1.35 bits per heavy atom. The van der Waals surface area contributed by atoms with Gasteiger partial charge in [-0.15, -0.1) is 0 Å². The van der Waals surface area contributed by atoms with Crippen molar-refractivity contribution in [2.24, 2.45) is 5.92 Å². The zero-order valence-corrected chi connectivity index (χ0v) is 14.5. The topological polar surface area (TPSA) is 70.6 Å². The third kappa shape index (κ3) is 5.34. The molecule has 5 nitrogen and oxygen atoms in total. The zero-order valence-electron chi connectivity index (χ0n) is 14.5. The number of nitrogens with one attached hydrogen (secondary N) is 2. The smallest absolute Gasteiger partial charge is 0.407 e. The molecule has 0 heterocycles. The number of phenolic OH excluding ortho intramolecular Hbond substituents is 1. The summed E-state index contributed by atoms with van der Waals surface area (Å²) in [6.07, 6.45) is 2.96. The molecule has 1 aliphatic carbocycles. The second-order valence-electron chi connectivity index (χ2n) is 7.33. The van der Waals surface area contributed by atoms with E-state index in [0.29, 0.717) is 24.3 Å². The van der Waals surface area contributed by atoms with Crippen LogP contribution in [0.25, 0.3) is 0 Å². The van der Waals surface area contributed by atoms with Gasteiger partial charge in [-0.05, 0) is 70.2 Å². The molecule has 0 spiro atoms. The van der Waals surface area contributed by atoms with E-state index < -0.39 is 5.60 Å². The molecule has 23 heavy (non-hydrogen) atoms. The summed E-state index contributed by atoms with van der Waals surface area (Å²) in [7, 11) is 0. The van der Waals surface area contributed by atoms with E-state index in [4.69, 9.17) is 4.74 Å². The number of alkyl carbamates (subject to hydrolysis) is 1. The molecule has 1 fully saturated rings. The maximum Gasteiger partial charge on any atom is 0.407 e. The van der Waals surface area contributed by atoms with E-state index >= 15 is 0 Å². The van der Waals surface area contributed by atoms with Gasteiger partial charge >= 0.3 is 6.09 Å². The first kappa shape index (κ1) is 17.4. The monoisotopic (exact) mass is 320 g/mol. The summed E-state index contributed by atoms with van der Waals surface area (Å²) in [5.74, 6) is 0.696. The fourth-order valence-electron chi connectivity index (χ4n) is 2.96. The quantitative estimate of drug-likeness (QED) is 0.738. The van der Waals surface area contributed by atoms with E-state index in [1.54, 1.807) is 6.07 Å². The van der Waals surface area contributed by atoms with Crippen LogP contribution in [0.2, 0.25) is 0 Å². The Bertz CT molecular complexity index is 552. The van der Waals surface area contributed by atoms with Crippen LogP contribution in [0.1, 0.15) is 45.6 Å². The van der Waals surface area contributed by atoms with Gasteiger partial charge in [0.2, 0.25) is 0 Å². The lowest BCUT2D eigenvalue weighted by atomic mass is 10.0. The van der Waals surface area contributed by atoms with E-state index in [1.165, 1.54) is 0 Å². The molecule has 2 unspecified atom stereocenters. The lowest BCUT2D eigenvalue weighted by Crippen LogP contribution is -2.38. The zero-order chi connectivity index (χ0) is 17.0. The van der Waals surface area contributed by atoms with Crippen LogP contribution in [0.4, 0.5) is 10.5 Å². The number of carbonyl (C=O) groups is 1. The van der Waals surface area contributed by atoms with Gasteiger partial charge in [0.25, 0.3) is 0 Å². The Balaban J connectivity index is 1.87. The Labute approximate surface area is 138 Å². The van der Waals surface area contributed by atoms with E-state index in [-0.39, 0.29) is 6.09 Å². The standard InChI is InChI=1S/C18H28N2O3/c1-12-10-14(8-9-16(12)21)20-15-7-5-6-13(15)11-19-17(22)23-18(2,3)4/h8-10,13,15,20-21H,5-7,11H2,1-4H3,(H,19,22). The summed E-state index contributed by atoms with van der Waals surface area (Å²) in [6.45, 7) is 8.08. The third-order valence-electron chi connectivity index (χ3n) is 4.12. The number of ether oxygens (including phenoxy) is 1. The summed E-state index contributed by atoms with van der Waals surface area (Å²) in [6, 6.07) is 5.87. The van der Waals surface area contributed by atoms with Gasteiger partial charge < -0.3 is 20.5 Å². The van der Waals surface area contributed by atoms with Crippen LogP contribution in [0, 0.1) is 12.8 Å². The highest BCUT2D eigenvalue weighted by molar-refractivity contribution is 5.67. The van der Waals surface area contributed by atoms with E-state index in [0.717, 1.165) is 30.5 Å². The normalized spacial score (nSPS) is 21.0. The molecule has 2 rings (SSSR count). The molecule has 1 amide bonds. The van der Waals surface area contributed by atoms with Crippen molar-refractivity contribution in [3.63, 3.8) is 0 Å². The summed E-state index contributed by atoms with van der Waals surface area (Å²) in [5, 5.41) is 16.0. The van der Waals surface area contributed by atoms with Crippen molar-refractivity contribution in [2.45, 2.75) is 58.6 Å². The Hall–Kier alpha value is -1.91. The maximum atomic E-state index is 11.8. The number of rotatable bonds is 4. The first-order chi connectivity index (χ1) is 10.7. The number of amides is 1. The molecule has 128 valence electrons. The van der Waals surface area contributed by atoms with Crippen LogP contribution < -0.4 is 10.6 Å². The fraction of sp³-hybridized carbons (Fsp3) is 0.611. The van der Waals surface area contributed by atoms with Gasteiger partial charge in [0.05, 0.1) is 0 Å². The largest absolute Gasteiger partial charge is 0.508 e. The van der Waals surface area contributed by atoms with Gasteiger partial charge in [-0.1, -0.05) is 6.42 Å². The number of hydrogen-bond donors (Lipinski definition) is 3. The predicted molar refractivity (Wildman–Crippen MR) is 91.8 cm³/mol. The Morgan fingerprint density at radius 3 is 2.74 bits per heavy atom. The van der Waals surface area contributed by atoms with Crippen LogP contribution >= 0.6 is 0 Å². The van der Waals surface area contributed by atoms with Crippen LogP contribution in [0.3, 0.4) is 0 Å². The van der Waals surface area contributed by atoms with Crippen molar-refractivity contribution >= 4 is 11.8 Å². The average Bonchev–Trinajstić information content (AvgIpc) is 2.86. The molecular weight excluding hydrogens is 292 g/mol. The minimum Gasteiger partial charge on any atom is -0.508 e. The summed E-state index contributed by atoms with van der Waals surface area (Å²) in [4.78, 5) is 11.8. The summed E-state index contributed by atoms with van der Waals surface area (Å²) >= 11 is 0. The predicted octanol–water partition coefficient (Wildman–Crippen LogP) is 3.81. The molecule has 5 heteroatoms. The molecule has 0 saturated heterocycles. The van der Waals surface area contributed by atoms with E-state index in [9.17, 15) is 9.90 Å². The fourth-order valence-corrected chi connectivity index (χ4v) is 2.96. The molecule has 2 atom stereocenters. The molecule has 1 aromatic rings. The highest BCUT2D eigenvalue weighted by Crippen LogP contribution is 2.29. The first-order valence-electron chi connectivity index (χ1n) is 8.27. The van der Waals surface area contributed by atoms with Gasteiger partial charge in [-0.2, -0.15) is 0 Å². The van der Waals surface area contributed by atoms with Crippen LogP contribution in [0.15, 0.2) is 18.2 Å². The molecule has 3 N–H and O–H groups in total. The van der Waals surface area contributed by atoms with Crippen molar-refractivity contribution < 1.29 is 14.6 Å². The lowest BCUT2D eigenvalue weighted by Gasteiger charge is -2.24. The van der Waals surface area contributed by atoms with Gasteiger partial charge in [0, 0.05) is 18.3 Å². The van der Waals surface area contributed by atoms with Crippen LogP contribution in [-0.4, -0.2) is 29.4 Å². The third-order valence-corrected chi connectivity index (χ3v) is 4.12. The molecule has 1 aliphatic rings. The van der Waals surface area contributed by atoms with Crippen LogP contribution in [0.5, 0.6) is 5.75 Å². The molecule has 0 radical (unpaired) electrons.